The summed E-state index contributed by atoms with van der Waals surface area (Å²) >= 11 is 0. The van der Waals surface area contributed by atoms with Gasteiger partial charge >= 0.3 is 5.97 Å². The molecule has 1 aliphatic rings. The number of anilines is 1. The molecule has 1 aliphatic carbocycles. The van der Waals surface area contributed by atoms with Crippen molar-refractivity contribution in [2.75, 3.05) is 12.4 Å². The molecule has 0 bridgehead atoms. The molecule has 104 valence electrons. The molecule has 1 aromatic rings. The maximum Gasteiger partial charge on any atom is 0.358 e. The SMILES string of the molecule is COC(=O)c1cnc(NC2CCCCCCC2)cn1. The van der Waals surface area contributed by atoms with E-state index < -0.39 is 5.97 Å². The van der Waals surface area contributed by atoms with E-state index in [0.29, 0.717) is 6.04 Å². The molecule has 0 spiro atoms. The van der Waals surface area contributed by atoms with Gasteiger partial charge in [0.15, 0.2) is 5.69 Å². The third-order valence-corrected chi connectivity index (χ3v) is 3.50. The van der Waals surface area contributed by atoms with Crippen molar-refractivity contribution in [2.45, 2.75) is 51.0 Å². The molecule has 0 aromatic carbocycles. The van der Waals surface area contributed by atoms with Gasteiger partial charge in [-0.3, -0.25) is 0 Å². The molecule has 19 heavy (non-hydrogen) atoms. The zero-order valence-electron chi connectivity index (χ0n) is 11.4. The van der Waals surface area contributed by atoms with Gasteiger partial charge in [-0.15, -0.1) is 0 Å². The first-order chi connectivity index (χ1) is 9.29. The molecule has 2 rings (SSSR count). The predicted molar refractivity (Wildman–Crippen MR) is 73.1 cm³/mol. The molecule has 5 nitrogen and oxygen atoms in total. The van der Waals surface area contributed by atoms with Crippen LogP contribution < -0.4 is 5.32 Å². The third-order valence-electron chi connectivity index (χ3n) is 3.50. The first kappa shape index (κ1) is 13.8. The number of aromatic nitrogens is 2. The number of nitrogens with zero attached hydrogens (tertiary/aromatic N) is 2. The van der Waals surface area contributed by atoms with Crippen LogP contribution in [0.15, 0.2) is 12.4 Å². The monoisotopic (exact) mass is 263 g/mol. The number of ether oxygens (including phenoxy) is 1. The van der Waals surface area contributed by atoms with Gasteiger partial charge in [0, 0.05) is 6.04 Å². The Morgan fingerprint density at radius 3 is 2.42 bits per heavy atom. The van der Waals surface area contributed by atoms with Crippen molar-refractivity contribution in [3.63, 3.8) is 0 Å². The number of nitrogens with one attached hydrogen (secondary N) is 1. The fourth-order valence-electron chi connectivity index (χ4n) is 2.42. The molecule has 0 radical (unpaired) electrons. The molecule has 0 saturated heterocycles. The van der Waals surface area contributed by atoms with Crippen molar-refractivity contribution < 1.29 is 9.53 Å². The normalized spacial score (nSPS) is 17.3. The van der Waals surface area contributed by atoms with E-state index in [9.17, 15) is 4.79 Å². The van der Waals surface area contributed by atoms with Crippen LogP contribution in [0, 0.1) is 0 Å². The molecule has 0 amide bonds. The molecular formula is C14H21N3O2. The number of hydrogen-bond donors (Lipinski definition) is 1. The average molecular weight is 263 g/mol. The molecule has 1 heterocycles. The fraction of sp³-hybridized carbons (Fsp3) is 0.643. The van der Waals surface area contributed by atoms with Gasteiger partial charge in [0.1, 0.15) is 5.82 Å². The number of carbonyl (C=O) groups excluding carboxylic acids is 1. The molecule has 1 aromatic heterocycles. The molecular weight excluding hydrogens is 242 g/mol. The zero-order valence-corrected chi connectivity index (χ0v) is 11.4. The van der Waals surface area contributed by atoms with Crippen LogP contribution in [0.2, 0.25) is 0 Å². The van der Waals surface area contributed by atoms with Gasteiger partial charge in [0.25, 0.3) is 0 Å². The zero-order chi connectivity index (χ0) is 13.5. The Morgan fingerprint density at radius 2 is 1.84 bits per heavy atom. The van der Waals surface area contributed by atoms with Crippen LogP contribution in [0.4, 0.5) is 5.82 Å². The lowest BCUT2D eigenvalue weighted by Crippen LogP contribution is -2.21. The summed E-state index contributed by atoms with van der Waals surface area (Å²) in [6.45, 7) is 0. The van der Waals surface area contributed by atoms with Gasteiger partial charge < -0.3 is 10.1 Å². The van der Waals surface area contributed by atoms with E-state index in [1.54, 1.807) is 6.20 Å². The Hall–Kier alpha value is -1.65. The van der Waals surface area contributed by atoms with Crippen LogP contribution in [-0.2, 0) is 4.74 Å². The van der Waals surface area contributed by atoms with Crippen LogP contribution in [0.1, 0.15) is 55.4 Å². The topological polar surface area (TPSA) is 64.1 Å². The highest BCUT2D eigenvalue weighted by Crippen LogP contribution is 2.19. The maximum absolute atomic E-state index is 11.3. The predicted octanol–water partition coefficient (Wildman–Crippen LogP) is 2.79. The first-order valence-corrected chi connectivity index (χ1v) is 6.96. The molecule has 5 heteroatoms. The van der Waals surface area contributed by atoms with E-state index in [4.69, 9.17) is 0 Å². The molecule has 0 atom stereocenters. The van der Waals surface area contributed by atoms with Crippen molar-refractivity contribution in [1.29, 1.82) is 0 Å². The second kappa shape index (κ2) is 7.07. The summed E-state index contributed by atoms with van der Waals surface area (Å²) in [5, 5.41) is 3.41. The molecule has 1 fully saturated rings. The minimum Gasteiger partial charge on any atom is -0.464 e. The Kier molecular flexibility index (Phi) is 5.12. The van der Waals surface area contributed by atoms with Gasteiger partial charge in [0.05, 0.1) is 19.5 Å². The molecule has 0 unspecified atom stereocenters. The fourth-order valence-corrected chi connectivity index (χ4v) is 2.42. The van der Waals surface area contributed by atoms with Crippen LogP contribution >= 0.6 is 0 Å². The summed E-state index contributed by atoms with van der Waals surface area (Å²) in [5.41, 5.74) is 0.241. The lowest BCUT2D eigenvalue weighted by Gasteiger charge is -2.21. The summed E-state index contributed by atoms with van der Waals surface area (Å²) < 4.78 is 4.59. The first-order valence-electron chi connectivity index (χ1n) is 6.96. The second-order valence-electron chi connectivity index (χ2n) is 4.96. The van der Waals surface area contributed by atoms with Crippen LogP contribution in [0.5, 0.6) is 0 Å². The third kappa shape index (κ3) is 4.19. The highest BCUT2D eigenvalue weighted by atomic mass is 16.5. The van der Waals surface area contributed by atoms with E-state index in [0.717, 1.165) is 5.82 Å². The highest BCUT2D eigenvalue weighted by molar-refractivity contribution is 5.86. The minimum absolute atomic E-state index is 0.241. The van der Waals surface area contributed by atoms with Gasteiger partial charge in [-0.25, -0.2) is 14.8 Å². The second-order valence-corrected chi connectivity index (χ2v) is 4.96. The lowest BCUT2D eigenvalue weighted by molar-refractivity contribution is 0.0593. The van der Waals surface area contributed by atoms with Crippen molar-refractivity contribution in [1.82, 2.24) is 9.97 Å². The van der Waals surface area contributed by atoms with Gasteiger partial charge in [-0.05, 0) is 12.8 Å². The summed E-state index contributed by atoms with van der Waals surface area (Å²) in [6, 6.07) is 0.471. The number of rotatable bonds is 3. The van der Waals surface area contributed by atoms with E-state index in [1.165, 1.54) is 58.3 Å². The molecule has 0 aliphatic heterocycles. The Labute approximate surface area is 113 Å². The van der Waals surface area contributed by atoms with Crippen molar-refractivity contribution >= 4 is 11.8 Å². The smallest absolute Gasteiger partial charge is 0.358 e. The Balaban J connectivity index is 1.92. The van der Waals surface area contributed by atoms with Crippen LogP contribution in [-0.4, -0.2) is 29.1 Å². The minimum atomic E-state index is -0.454. The number of hydrogen-bond acceptors (Lipinski definition) is 5. The van der Waals surface area contributed by atoms with Crippen molar-refractivity contribution in [2.24, 2.45) is 0 Å². The maximum atomic E-state index is 11.3. The summed E-state index contributed by atoms with van der Waals surface area (Å²) in [7, 11) is 1.34. The Bertz CT molecular complexity index is 398. The van der Waals surface area contributed by atoms with Gasteiger partial charge in [0.2, 0.25) is 0 Å². The van der Waals surface area contributed by atoms with E-state index in [1.807, 2.05) is 0 Å². The quantitative estimate of drug-likeness (QED) is 0.849. The van der Waals surface area contributed by atoms with Crippen LogP contribution in [0.25, 0.3) is 0 Å². The standard InChI is InChI=1S/C14H21N3O2/c1-19-14(18)12-9-16-13(10-15-12)17-11-7-5-3-2-4-6-8-11/h9-11H,2-8H2,1H3,(H,16,17). The largest absolute Gasteiger partial charge is 0.464 e. The van der Waals surface area contributed by atoms with Crippen molar-refractivity contribution in [3.05, 3.63) is 18.1 Å². The van der Waals surface area contributed by atoms with Crippen LogP contribution in [0.3, 0.4) is 0 Å². The lowest BCUT2D eigenvalue weighted by atomic mass is 9.97. The van der Waals surface area contributed by atoms with Gasteiger partial charge in [-0.2, -0.15) is 0 Å². The van der Waals surface area contributed by atoms with E-state index >= 15 is 0 Å². The molecule has 1 saturated carbocycles. The summed E-state index contributed by atoms with van der Waals surface area (Å²) in [4.78, 5) is 19.5. The number of methoxy groups -OCH3 is 1. The highest BCUT2D eigenvalue weighted by Gasteiger charge is 2.12. The number of esters is 1. The summed E-state index contributed by atoms with van der Waals surface area (Å²) in [6.07, 6.45) is 12.0. The van der Waals surface area contributed by atoms with E-state index in [2.05, 4.69) is 20.0 Å². The number of carbonyl (C=O) groups is 1. The Morgan fingerprint density at radius 1 is 1.16 bits per heavy atom. The van der Waals surface area contributed by atoms with E-state index in [-0.39, 0.29) is 5.69 Å². The van der Waals surface area contributed by atoms with Crippen molar-refractivity contribution in [3.8, 4) is 0 Å². The molecule has 1 N–H and O–H groups in total. The summed E-state index contributed by atoms with van der Waals surface area (Å²) in [5.74, 6) is 0.281. The average Bonchev–Trinajstić information content (AvgIpc) is 2.41. The van der Waals surface area contributed by atoms with Gasteiger partial charge in [-0.1, -0.05) is 32.1 Å².